The zero-order valence-corrected chi connectivity index (χ0v) is 17.1. The molecule has 4 rings (SSSR count). The first-order chi connectivity index (χ1) is 14.0. The van der Waals surface area contributed by atoms with E-state index in [4.69, 9.17) is 0 Å². The predicted octanol–water partition coefficient (Wildman–Crippen LogP) is 3.12. The third kappa shape index (κ3) is 4.97. The zero-order valence-electron chi connectivity index (χ0n) is 17.1. The Hall–Kier alpha value is -3.26. The largest absolute Gasteiger partial charge is 0.354 e. The van der Waals surface area contributed by atoms with Crippen molar-refractivity contribution < 1.29 is 0 Å². The van der Waals surface area contributed by atoms with Crippen LogP contribution in [-0.4, -0.2) is 58.1 Å². The molecule has 1 fully saturated rings. The molecule has 1 aliphatic heterocycles. The summed E-state index contributed by atoms with van der Waals surface area (Å²) in [5.74, 6) is 3.33. The summed E-state index contributed by atoms with van der Waals surface area (Å²) in [7, 11) is 2.15. The van der Waals surface area contributed by atoms with Gasteiger partial charge in [-0.1, -0.05) is 0 Å². The molecule has 8 nitrogen and oxygen atoms in total. The molecule has 1 aliphatic rings. The van der Waals surface area contributed by atoms with Crippen molar-refractivity contribution in [2.24, 2.45) is 0 Å². The van der Waals surface area contributed by atoms with E-state index in [1.54, 1.807) is 6.33 Å². The molecule has 0 saturated carbocycles. The molecule has 0 bridgehead atoms. The van der Waals surface area contributed by atoms with Gasteiger partial charge in [0.05, 0.1) is 0 Å². The normalized spacial score (nSPS) is 14.7. The van der Waals surface area contributed by atoms with Gasteiger partial charge in [-0.15, -0.1) is 0 Å². The molecular weight excluding hydrogens is 364 g/mol. The van der Waals surface area contributed by atoms with Crippen molar-refractivity contribution in [1.29, 1.82) is 0 Å². The lowest BCUT2D eigenvalue weighted by atomic mass is 10.2. The van der Waals surface area contributed by atoms with E-state index in [-0.39, 0.29) is 0 Å². The van der Waals surface area contributed by atoms with Gasteiger partial charge in [0.1, 0.15) is 29.6 Å². The van der Waals surface area contributed by atoms with Crippen molar-refractivity contribution in [1.82, 2.24) is 24.8 Å². The number of hydrogen-bond acceptors (Lipinski definition) is 8. The number of aromatic nitrogens is 4. The smallest absolute Gasteiger partial charge is 0.136 e. The van der Waals surface area contributed by atoms with Crippen molar-refractivity contribution in [2.75, 3.05) is 48.8 Å². The minimum absolute atomic E-state index is 0.765. The number of nitrogens with zero attached hydrogens (tertiary/aromatic N) is 6. The Balaban J connectivity index is 1.45. The van der Waals surface area contributed by atoms with Gasteiger partial charge < -0.3 is 20.4 Å². The molecule has 2 N–H and O–H groups in total. The Kier molecular flexibility index (Phi) is 5.53. The minimum atomic E-state index is 0.765. The summed E-state index contributed by atoms with van der Waals surface area (Å²) in [4.78, 5) is 22.2. The number of piperazine rings is 1. The average molecular weight is 390 g/mol. The summed E-state index contributed by atoms with van der Waals surface area (Å²) in [6.07, 6.45) is 1.56. The van der Waals surface area contributed by atoms with Crippen LogP contribution >= 0.6 is 0 Å². The molecular formula is C21H26N8. The highest BCUT2D eigenvalue weighted by Crippen LogP contribution is 2.23. The number of benzene rings is 1. The van der Waals surface area contributed by atoms with Crippen molar-refractivity contribution in [3.63, 3.8) is 0 Å². The fourth-order valence-corrected chi connectivity index (χ4v) is 3.27. The van der Waals surface area contributed by atoms with Crippen LogP contribution in [-0.2, 0) is 0 Å². The molecule has 0 unspecified atom stereocenters. The second-order valence-electron chi connectivity index (χ2n) is 7.32. The molecule has 3 aromatic rings. The molecule has 0 aliphatic carbocycles. The first-order valence-corrected chi connectivity index (χ1v) is 9.77. The summed E-state index contributed by atoms with van der Waals surface area (Å²) < 4.78 is 0. The molecule has 0 spiro atoms. The van der Waals surface area contributed by atoms with Crippen molar-refractivity contribution in [2.45, 2.75) is 13.8 Å². The van der Waals surface area contributed by atoms with Crippen LogP contribution in [0.2, 0.25) is 0 Å². The number of rotatable bonds is 5. The van der Waals surface area contributed by atoms with E-state index in [0.717, 1.165) is 66.5 Å². The Morgan fingerprint density at radius 2 is 1.45 bits per heavy atom. The Morgan fingerprint density at radius 1 is 0.793 bits per heavy atom. The van der Waals surface area contributed by atoms with Gasteiger partial charge in [-0.2, -0.15) is 0 Å². The summed E-state index contributed by atoms with van der Waals surface area (Å²) >= 11 is 0. The second-order valence-corrected chi connectivity index (χ2v) is 7.32. The maximum Gasteiger partial charge on any atom is 0.136 e. The Bertz CT molecular complexity index is 965. The van der Waals surface area contributed by atoms with Crippen LogP contribution in [0.3, 0.4) is 0 Å². The molecule has 8 heteroatoms. The second kappa shape index (κ2) is 8.40. The van der Waals surface area contributed by atoms with E-state index in [1.807, 2.05) is 50.2 Å². The number of anilines is 5. The summed E-state index contributed by atoms with van der Waals surface area (Å²) in [5.41, 5.74) is 2.86. The summed E-state index contributed by atoms with van der Waals surface area (Å²) in [6.45, 7) is 7.93. The van der Waals surface area contributed by atoms with Gasteiger partial charge in [0.25, 0.3) is 0 Å². The lowest BCUT2D eigenvalue weighted by Gasteiger charge is -2.33. The fraction of sp³-hybridized carbons (Fsp3) is 0.333. The summed E-state index contributed by atoms with van der Waals surface area (Å²) in [6, 6.07) is 12.0. The Morgan fingerprint density at radius 3 is 2.10 bits per heavy atom. The fourth-order valence-electron chi connectivity index (χ4n) is 3.27. The highest BCUT2D eigenvalue weighted by Gasteiger charge is 2.16. The van der Waals surface area contributed by atoms with Gasteiger partial charge in [0.2, 0.25) is 0 Å². The van der Waals surface area contributed by atoms with E-state index < -0.39 is 0 Å². The molecule has 3 heterocycles. The topological polar surface area (TPSA) is 82.1 Å². The van der Waals surface area contributed by atoms with E-state index in [9.17, 15) is 0 Å². The highest BCUT2D eigenvalue weighted by atomic mass is 15.3. The first kappa shape index (κ1) is 19.1. The maximum atomic E-state index is 4.63. The number of hydrogen-bond donors (Lipinski definition) is 2. The third-order valence-corrected chi connectivity index (χ3v) is 4.89. The molecule has 0 atom stereocenters. The highest BCUT2D eigenvalue weighted by molar-refractivity contribution is 5.64. The van der Waals surface area contributed by atoms with Crippen LogP contribution in [0.1, 0.15) is 11.5 Å². The van der Waals surface area contributed by atoms with Gasteiger partial charge in [0, 0.05) is 55.4 Å². The minimum Gasteiger partial charge on any atom is -0.354 e. The van der Waals surface area contributed by atoms with Gasteiger partial charge in [-0.25, -0.2) is 19.9 Å². The van der Waals surface area contributed by atoms with Gasteiger partial charge >= 0.3 is 0 Å². The average Bonchev–Trinajstić information content (AvgIpc) is 2.70. The lowest BCUT2D eigenvalue weighted by Crippen LogP contribution is -2.44. The molecule has 0 amide bonds. The monoisotopic (exact) mass is 390 g/mol. The van der Waals surface area contributed by atoms with Crippen LogP contribution < -0.4 is 15.5 Å². The van der Waals surface area contributed by atoms with Crippen LogP contribution in [0.5, 0.6) is 0 Å². The van der Waals surface area contributed by atoms with Crippen LogP contribution in [0.15, 0.2) is 42.7 Å². The molecule has 1 saturated heterocycles. The molecule has 150 valence electrons. The van der Waals surface area contributed by atoms with Crippen molar-refractivity contribution in [3.8, 4) is 0 Å². The van der Waals surface area contributed by atoms with E-state index in [1.165, 1.54) is 0 Å². The molecule has 29 heavy (non-hydrogen) atoms. The maximum absolute atomic E-state index is 4.63. The molecule has 1 aromatic carbocycles. The van der Waals surface area contributed by atoms with Gasteiger partial charge in [0.15, 0.2) is 0 Å². The zero-order chi connectivity index (χ0) is 20.2. The van der Waals surface area contributed by atoms with Gasteiger partial charge in [-0.05, 0) is 45.2 Å². The predicted molar refractivity (Wildman–Crippen MR) is 116 cm³/mol. The van der Waals surface area contributed by atoms with Crippen LogP contribution in [0.4, 0.5) is 28.8 Å². The molecule has 2 aromatic heterocycles. The van der Waals surface area contributed by atoms with Crippen molar-refractivity contribution in [3.05, 3.63) is 54.2 Å². The first-order valence-electron chi connectivity index (χ1n) is 9.77. The quantitative estimate of drug-likeness (QED) is 0.688. The molecule has 0 radical (unpaired) electrons. The van der Waals surface area contributed by atoms with E-state index >= 15 is 0 Å². The number of nitrogens with one attached hydrogen (secondary N) is 2. The van der Waals surface area contributed by atoms with Crippen LogP contribution in [0, 0.1) is 13.8 Å². The Labute approximate surface area is 171 Å². The standard InChI is InChI=1S/C21H26N8/c1-15-12-19(23-14-22-15)26-17-4-6-18(7-5-17)27-20-13-21(25-16(2)24-20)29-10-8-28(3)9-11-29/h4-7,12-14H,8-11H2,1-3H3,(H,22,23,26)(H,24,25,27). The number of likely N-dealkylation sites (N-methyl/N-ethyl adjacent to an activating group) is 1. The van der Waals surface area contributed by atoms with Gasteiger partial charge in [-0.3, -0.25) is 0 Å². The van der Waals surface area contributed by atoms with Crippen LogP contribution in [0.25, 0.3) is 0 Å². The van der Waals surface area contributed by atoms with E-state index in [0.29, 0.717) is 0 Å². The van der Waals surface area contributed by atoms with Crippen molar-refractivity contribution >= 4 is 28.8 Å². The lowest BCUT2D eigenvalue weighted by molar-refractivity contribution is 0.312. The summed E-state index contributed by atoms with van der Waals surface area (Å²) in [5, 5.41) is 6.68. The SMILES string of the molecule is Cc1cc(Nc2ccc(Nc3cc(N4CCN(C)CC4)nc(C)n3)cc2)ncn1. The number of aryl methyl sites for hydroxylation is 2. The third-order valence-electron chi connectivity index (χ3n) is 4.89. The van der Waals surface area contributed by atoms with E-state index in [2.05, 4.69) is 47.4 Å².